The van der Waals surface area contributed by atoms with Crippen LogP contribution in [-0.4, -0.2) is 10.9 Å². The molecule has 1 N–H and O–H groups in total. The van der Waals surface area contributed by atoms with Crippen molar-refractivity contribution in [3.63, 3.8) is 0 Å². The second-order valence-electron chi connectivity index (χ2n) is 5.26. The molecule has 3 aromatic rings. The van der Waals surface area contributed by atoms with Crippen molar-refractivity contribution in [1.82, 2.24) is 4.98 Å². The quantitative estimate of drug-likeness (QED) is 0.753. The summed E-state index contributed by atoms with van der Waals surface area (Å²) in [7, 11) is 0. The van der Waals surface area contributed by atoms with Crippen molar-refractivity contribution in [1.29, 1.82) is 0 Å². The molecule has 22 heavy (non-hydrogen) atoms. The molecule has 0 unspecified atom stereocenters. The van der Waals surface area contributed by atoms with Crippen LogP contribution in [0, 0.1) is 13.8 Å². The number of carbonyl (C=O) groups excluding carboxylic acids is 1. The third-order valence-corrected chi connectivity index (χ3v) is 4.67. The number of aromatic nitrogens is 1. The molecule has 0 atom stereocenters. The first-order valence-corrected chi connectivity index (χ1v) is 8.13. The van der Waals surface area contributed by atoms with Crippen molar-refractivity contribution < 1.29 is 4.79 Å². The molecule has 2 aromatic carbocycles. The van der Waals surface area contributed by atoms with E-state index in [0.29, 0.717) is 10.2 Å². The van der Waals surface area contributed by atoms with Crippen LogP contribution >= 0.6 is 22.9 Å². The van der Waals surface area contributed by atoms with Gasteiger partial charge in [0.2, 0.25) is 5.91 Å². The van der Waals surface area contributed by atoms with Gasteiger partial charge in [0.05, 0.1) is 16.6 Å². The topological polar surface area (TPSA) is 42.0 Å². The zero-order chi connectivity index (χ0) is 15.7. The van der Waals surface area contributed by atoms with Gasteiger partial charge in [0.1, 0.15) is 0 Å². The van der Waals surface area contributed by atoms with Crippen LogP contribution in [0.1, 0.15) is 16.7 Å². The average molecular weight is 331 g/mol. The van der Waals surface area contributed by atoms with Crippen LogP contribution in [0.5, 0.6) is 0 Å². The van der Waals surface area contributed by atoms with E-state index in [4.69, 9.17) is 11.6 Å². The summed E-state index contributed by atoms with van der Waals surface area (Å²) >= 11 is 7.57. The van der Waals surface area contributed by atoms with Crippen molar-refractivity contribution in [3.8, 4) is 0 Å². The summed E-state index contributed by atoms with van der Waals surface area (Å²) in [5.74, 6) is -0.110. The van der Waals surface area contributed by atoms with Crippen LogP contribution in [0.2, 0.25) is 5.02 Å². The Morgan fingerprint density at radius 3 is 2.82 bits per heavy atom. The van der Waals surface area contributed by atoms with E-state index in [1.807, 2.05) is 25.1 Å². The Morgan fingerprint density at radius 2 is 2.05 bits per heavy atom. The van der Waals surface area contributed by atoms with Gasteiger partial charge in [0.25, 0.3) is 0 Å². The lowest BCUT2D eigenvalue weighted by Crippen LogP contribution is -2.14. The second-order valence-corrected chi connectivity index (χ2v) is 6.70. The van der Waals surface area contributed by atoms with Gasteiger partial charge in [-0.1, -0.05) is 47.2 Å². The Hall–Kier alpha value is -1.91. The number of anilines is 1. The molecule has 1 amide bonds. The lowest BCUT2D eigenvalue weighted by Gasteiger charge is -2.03. The van der Waals surface area contributed by atoms with E-state index in [-0.39, 0.29) is 12.3 Å². The van der Waals surface area contributed by atoms with Gasteiger partial charge >= 0.3 is 0 Å². The average Bonchev–Trinajstić information content (AvgIpc) is 2.84. The zero-order valence-corrected chi connectivity index (χ0v) is 13.9. The molecule has 1 aromatic heterocycles. The minimum atomic E-state index is -0.110. The molecule has 0 saturated heterocycles. The zero-order valence-electron chi connectivity index (χ0n) is 12.3. The normalized spacial score (nSPS) is 10.9. The molecule has 0 radical (unpaired) electrons. The van der Waals surface area contributed by atoms with Crippen molar-refractivity contribution in [2.24, 2.45) is 0 Å². The number of benzene rings is 2. The fraction of sp³-hybridized carbons (Fsp3) is 0.176. The van der Waals surface area contributed by atoms with Gasteiger partial charge in [-0.3, -0.25) is 4.79 Å². The maximum atomic E-state index is 12.2. The summed E-state index contributed by atoms with van der Waals surface area (Å²) in [4.78, 5) is 16.7. The predicted molar refractivity (Wildman–Crippen MR) is 92.9 cm³/mol. The highest BCUT2D eigenvalue weighted by Crippen LogP contribution is 2.29. The van der Waals surface area contributed by atoms with Gasteiger partial charge in [-0.05, 0) is 42.7 Å². The second kappa shape index (κ2) is 6.07. The standard InChI is InChI=1S/C17H15ClN2OS/c1-10-7-11(2)16-14(8-10)22-17(20-16)19-15(21)9-12-5-3-4-6-13(12)18/h3-8H,9H2,1-2H3,(H,19,20,21). The number of nitrogens with one attached hydrogen (secondary N) is 1. The number of carbonyl (C=O) groups is 1. The van der Waals surface area contributed by atoms with Gasteiger partial charge in [0.15, 0.2) is 5.13 Å². The van der Waals surface area contributed by atoms with Crippen molar-refractivity contribution >= 4 is 44.2 Å². The van der Waals surface area contributed by atoms with Gasteiger partial charge in [-0.2, -0.15) is 0 Å². The van der Waals surface area contributed by atoms with E-state index in [1.54, 1.807) is 6.07 Å². The van der Waals surface area contributed by atoms with E-state index < -0.39 is 0 Å². The van der Waals surface area contributed by atoms with E-state index in [1.165, 1.54) is 16.9 Å². The number of hydrogen-bond acceptors (Lipinski definition) is 3. The smallest absolute Gasteiger partial charge is 0.230 e. The fourth-order valence-electron chi connectivity index (χ4n) is 2.40. The number of halogens is 1. The van der Waals surface area contributed by atoms with Crippen LogP contribution in [-0.2, 0) is 11.2 Å². The predicted octanol–water partition coefficient (Wildman–Crippen LogP) is 4.75. The molecular weight excluding hydrogens is 316 g/mol. The first-order valence-electron chi connectivity index (χ1n) is 6.94. The maximum Gasteiger partial charge on any atom is 0.230 e. The minimum Gasteiger partial charge on any atom is -0.302 e. The Balaban J connectivity index is 1.80. The van der Waals surface area contributed by atoms with Crippen LogP contribution < -0.4 is 5.32 Å². The molecule has 3 nitrogen and oxygen atoms in total. The molecule has 0 fully saturated rings. The molecule has 5 heteroatoms. The number of aryl methyl sites for hydroxylation is 2. The van der Waals surface area contributed by atoms with Crippen molar-refractivity contribution in [3.05, 3.63) is 58.1 Å². The highest BCUT2D eigenvalue weighted by atomic mass is 35.5. The lowest BCUT2D eigenvalue weighted by atomic mass is 10.1. The number of thiazole rings is 1. The number of hydrogen-bond donors (Lipinski definition) is 1. The number of amides is 1. The Kier molecular flexibility index (Phi) is 4.14. The number of rotatable bonds is 3. The van der Waals surface area contributed by atoms with E-state index >= 15 is 0 Å². The Bertz CT molecular complexity index is 857. The van der Waals surface area contributed by atoms with Gasteiger partial charge in [-0.25, -0.2) is 4.98 Å². The monoisotopic (exact) mass is 330 g/mol. The summed E-state index contributed by atoms with van der Waals surface area (Å²) in [5.41, 5.74) is 4.08. The first-order chi connectivity index (χ1) is 10.5. The molecule has 0 aliphatic rings. The van der Waals surface area contributed by atoms with Crippen LogP contribution in [0.3, 0.4) is 0 Å². The number of nitrogens with zero attached hydrogens (tertiary/aromatic N) is 1. The van der Waals surface area contributed by atoms with Gasteiger partial charge in [0, 0.05) is 5.02 Å². The molecule has 0 aliphatic heterocycles. The summed E-state index contributed by atoms with van der Waals surface area (Å²) in [5, 5.41) is 4.09. The minimum absolute atomic E-state index is 0.110. The summed E-state index contributed by atoms with van der Waals surface area (Å²) in [6.07, 6.45) is 0.244. The van der Waals surface area contributed by atoms with Crippen molar-refractivity contribution in [2.45, 2.75) is 20.3 Å². The summed E-state index contributed by atoms with van der Waals surface area (Å²) in [6.45, 7) is 4.09. The van der Waals surface area contributed by atoms with Gasteiger partial charge < -0.3 is 5.32 Å². The van der Waals surface area contributed by atoms with E-state index in [0.717, 1.165) is 21.3 Å². The van der Waals surface area contributed by atoms with Crippen LogP contribution in [0.15, 0.2) is 36.4 Å². The first kappa shape index (κ1) is 15.0. The largest absolute Gasteiger partial charge is 0.302 e. The third kappa shape index (κ3) is 3.13. The highest BCUT2D eigenvalue weighted by Gasteiger charge is 2.11. The number of fused-ring (bicyclic) bond motifs is 1. The van der Waals surface area contributed by atoms with E-state index in [9.17, 15) is 4.79 Å². The molecule has 3 rings (SSSR count). The third-order valence-electron chi connectivity index (χ3n) is 3.39. The van der Waals surface area contributed by atoms with Gasteiger partial charge in [-0.15, -0.1) is 0 Å². The molecular formula is C17H15ClN2OS. The van der Waals surface area contributed by atoms with Crippen LogP contribution in [0.25, 0.3) is 10.2 Å². The lowest BCUT2D eigenvalue weighted by molar-refractivity contribution is -0.115. The van der Waals surface area contributed by atoms with Crippen LogP contribution in [0.4, 0.5) is 5.13 Å². The molecule has 0 bridgehead atoms. The molecule has 1 heterocycles. The maximum absolute atomic E-state index is 12.2. The fourth-order valence-corrected chi connectivity index (χ4v) is 3.66. The SMILES string of the molecule is Cc1cc(C)c2nc(NC(=O)Cc3ccccc3Cl)sc2c1. The molecule has 0 saturated carbocycles. The molecule has 0 aliphatic carbocycles. The van der Waals surface area contributed by atoms with Crippen molar-refractivity contribution in [2.75, 3.05) is 5.32 Å². The summed E-state index contributed by atoms with van der Waals surface area (Å²) < 4.78 is 1.09. The Morgan fingerprint density at radius 1 is 1.27 bits per heavy atom. The molecule has 0 spiro atoms. The molecule has 112 valence electrons. The van der Waals surface area contributed by atoms with E-state index in [2.05, 4.69) is 29.4 Å². The Labute approximate surface area is 138 Å². The summed E-state index contributed by atoms with van der Waals surface area (Å²) in [6, 6.07) is 11.5. The highest BCUT2D eigenvalue weighted by molar-refractivity contribution is 7.22.